The molecule has 0 bridgehead atoms. The van der Waals surface area contributed by atoms with Crippen molar-refractivity contribution < 1.29 is 0 Å². The van der Waals surface area contributed by atoms with Gasteiger partial charge in [0.05, 0.1) is 6.54 Å². The molecule has 1 aromatic rings. The summed E-state index contributed by atoms with van der Waals surface area (Å²) in [7, 11) is 0. The molecule has 25 heavy (non-hydrogen) atoms. The Morgan fingerprint density at radius 1 is 1.20 bits per heavy atom. The van der Waals surface area contributed by atoms with Gasteiger partial charge in [-0.05, 0) is 46.7 Å². The quantitative estimate of drug-likeness (QED) is 0.552. The van der Waals surface area contributed by atoms with Crippen LogP contribution in [0.25, 0.3) is 0 Å². The summed E-state index contributed by atoms with van der Waals surface area (Å²) in [6.07, 6.45) is 6.68. The number of nitrogens with one attached hydrogen (secondary N) is 2. The van der Waals surface area contributed by atoms with E-state index in [9.17, 15) is 0 Å². The average molecular weight is 350 g/mol. The van der Waals surface area contributed by atoms with Crippen LogP contribution in [-0.2, 0) is 13.0 Å². The van der Waals surface area contributed by atoms with Crippen molar-refractivity contribution in [3.8, 4) is 0 Å². The molecular formula is C18H35N7. The van der Waals surface area contributed by atoms with Gasteiger partial charge >= 0.3 is 0 Å². The number of rotatable bonds is 8. The predicted octanol–water partition coefficient (Wildman–Crippen LogP) is 1.66. The maximum absolute atomic E-state index is 4.83. The zero-order valence-corrected chi connectivity index (χ0v) is 16.4. The average Bonchev–Trinajstić information content (AvgIpc) is 3.08. The van der Waals surface area contributed by atoms with Gasteiger partial charge in [-0.1, -0.05) is 13.3 Å². The highest BCUT2D eigenvalue weighted by Gasteiger charge is 2.27. The lowest BCUT2D eigenvalue weighted by Crippen LogP contribution is -2.49. The minimum atomic E-state index is 0.104. The first-order valence-corrected chi connectivity index (χ1v) is 9.70. The van der Waals surface area contributed by atoms with Gasteiger partial charge in [-0.2, -0.15) is 0 Å². The second-order valence-corrected chi connectivity index (χ2v) is 7.28. The highest BCUT2D eigenvalue weighted by molar-refractivity contribution is 5.79. The fraction of sp³-hybridized carbons (Fsp3) is 0.833. The van der Waals surface area contributed by atoms with E-state index >= 15 is 0 Å². The van der Waals surface area contributed by atoms with Crippen LogP contribution < -0.4 is 10.6 Å². The maximum Gasteiger partial charge on any atom is 0.191 e. The highest BCUT2D eigenvalue weighted by Crippen LogP contribution is 2.20. The number of aliphatic imine (C=N–C) groups is 1. The summed E-state index contributed by atoms with van der Waals surface area (Å²) < 4.78 is 2.09. The zero-order chi connectivity index (χ0) is 18.1. The molecule has 0 aliphatic carbocycles. The number of likely N-dealkylation sites (tertiary alicyclic amines) is 1. The Hall–Kier alpha value is -1.63. The molecule has 1 aliphatic rings. The Kier molecular flexibility index (Phi) is 7.68. The van der Waals surface area contributed by atoms with E-state index in [1.54, 1.807) is 6.33 Å². The summed E-state index contributed by atoms with van der Waals surface area (Å²) in [5, 5.41) is 14.9. The predicted molar refractivity (Wildman–Crippen MR) is 103 cm³/mol. The Morgan fingerprint density at radius 2 is 1.96 bits per heavy atom. The minimum Gasteiger partial charge on any atom is -0.357 e. The molecule has 1 aliphatic heterocycles. The van der Waals surface area contributed by atoms with Crippen LogP contribution >= 0.6 is 0 Å². The Balaban J connectivity index is 1.86. The van der Waals surface area contributed by atoms with Crippen LogP contribution in [0.5, 0.6) is 0 Å². The smallest absolute Gasteiger partial charge is 0.191 e. The first-order valence-electron chi connectivity index (χ1n) is 9.70. The van der Waals surface area contributed by atoms with Crippen LogP contribution in [-0.4, -0.2) is 63.9 Å². The van der Waals surface area contributed by atoms with Crippen molar-refractivity contribution in [3.63, 3.8) is 0 Å². The van der Waals surface area contributed by atoms with Gasteiger partial charge in [0.1, 0.15) is 12.2 Å². The molecule has 2 N–H and O–H groups in total. The van der Waals surface area contributed by atoms with Crippen molar-refractivity contribution >= 4 is 5.96 Å². The third-order valence-electron chi connectivity index (χ3n) is 4.84. The summed E-state index contributed by atoms with van der Waals surface area (Å²) in [5.74, 6) is 1.91. The summed E-state index contributed by atoms with van der Waals surface area (Å²) in [6, 6.07) is 0. The van der Waals surface area contributed by atoms with Gasteiger partial charge in [-0.25, -0.2) is 0 Å². The summed E-state index contributed by atoms with van der Waals surface area (Å²) in [5.41, 5.74) is 0.104. The fourth-order valence-electron chi connectivity index (χ4n) is 3.25. The molecule has 7 nitrogen and oxygen atoms in total. The van der Waals surface area contributed by atoms with E-state index < -0.39 is 0 Å². The molecule has 0 radical (unpaired) electrons. The number of aromatic nitrogens is 3. The van der Waals surface area contributed by atoms with Crippen molar-refractivity contribution in [3.05, 3.63) is 12.2 Å². The van der Waals surface area contributed by atoms with E-state index in [-0.39, 0.29) is 5.54 Å². The lowest BCUT2D eigenvalue weighted by molar-refractivity contribution is 0.102. The van der Waals surface area contributed by atoms with E-state index in [2.05, 4.69) is 58.0 Å². The van der Waals surface area contributed by atoms with Gasteiger partial charge in [0.2, 0.25) is 0 Å². The molecule has 142 valence electrons. The summed E-state index contributed by atoms with van der Waals surface area (Å²) >= 11 is 0. The molecule has 0 atom stereocenters. The zero-order valence-electron chi connectivity index (χ0n) is 16.4. The fourth-order valence-corrected chi connectivity index (χ4v) is 3.25. The van der Waals surface area contributed by atoms with Gasteiger partial charge < -0.3 is 15.2 Å². The highest BCUT2D eigenvalue weighted by atomic mass is 15.3. The van der Waals surface area contributed by atoms with Crippen molar-refractivity contribution in [2.24, 2.45) is 4.99 Å². The first kappa shape index (κ1) is 19.7. The van der Waals surface area contributed by atoms with Gasteiger partial charge in [-0.3, -0.25) is 9.89 Å². The minimum absolute atomic E-state index is 0.104. The Morgan fingerprint density at radius 3 is 2.64 bits per heavy atom. The van der Waals surface area contributed by atoms with Crippen LogP contribution in [0.4, 0.5) is 0 Å². The monoisotopic (exact) mass is 349 g/mol. The van der Waals surface area contributed by atoms with Crippen LogP contribution in [0.2, 0.25) is 0 Å². The molecule has 0 saturated carbocycles. The molecule has 0 unspecified atom stereocenters. The molecule has 2 heterocycles. The number of nitrogens with zero attached hydrogens (tertiary/aromatic N) is 5. The molecular weight excluding hydrogens is 314 g/mol. The third-order valence-corrected chi connectivity index (χ3v) is 4.84. The van der Waals surface area contributed by atoms with E-state index in [1.807, 2.05) is 0 Å². The molecule has 1 fully saturated rings. The number of hydrogen-bond acceptors (Lipinski definition) is 4. The lowest BCUT2D eigenvalue weighted by Gasteiger charge is -2.40. The SMILES string of the molecule is CCNC(=NCC(C)(C)N1CCCCC1)NCCn1cnnc1CC. The molecule has 0 spiro atoms. The van der Waals surface area contributed by atoms with Crippen molar-refractivity contribution in [2.75, 3.05) is 32.7 Å². The number of hydrogen-bond donors (Lipinski definition) is 2. The molecule has 0 aromatic carbocycles. The third kappa shape index (κ3) is 5.99. The maximum atomic E-state index is 4.83. The second-order valence-electron chi connectivity index (χ2n) is 7.28. The van der Waals surface area contributed by atoms with Gasteiger partial charge in [0.15, 0.2) is 5.96 Å². The molecule has 1 saturated heterocycles. The van der Waals surface area contributed by atoms with Gasteiger partial charge in [0.25, 0.3) is 0 Å². The van der Waals surface area contributed by atoms with Crippen molar-refractivity contribution in [1.82, 2.24) is 30.3 Å². The van der Waals surface area contributed by atoms with Crippen LogP contribution in [0, 0.1) is 0 Å². The molecule has 7 heteroatoms. The van der Waals surface area contributed by atoms with Crippen LogP contribution in [0.15, 0.2) is 11.3 Å². The molecule has 1 aromatic heterocycles. The van der Waals surface area contributed by atoms with Crippen molar-refractivity contribution in [1.29, 1.82) is 0 Å². The topological polar surface area (TPSA) is 70.4 Å². The van der Waals surface area contributed by atoms with Gasteiger partial charge in [-0.15, -0.1) is 10.2 Å². The number of guanidine groups is 1. The normalized spacial score (nSPS) is 16.9. The second kappa shape index (κ2) is 9.75. The molecule has 0 amide bonds. The van der Waals surface area contributed by atoms with E-state index in [0.29, 0.717) is 0 Å². The number of aryl methyl sites for hydroxylation is 1. The first-order chi connectivity index (χ1) is 12.1. The van der Waals surface area contributed by atoms with E-state index in [0.717, 1.165) is 44.4 Å². The van der Waals surface area contributed by atoms with Crippen LogP contribution in [0.3, 0.4) is 0 Å². The lowest BCUT2D eigenvalue weighted by atomic mass is 9.99. The largest absolute Gasteiger partial charge is 0.357 e. The summed E-state index contributed by atoms with van der Waals surface area (Å²) in [6.45, 7) is 14.5. The summed E-state index contributed by atoms with van der Waals surface area (Å²) in [4.78, 5) is 7.41. The van der Waals surface area contributed by atoms with Gasteiger partial charge in [0, 0.05) is 31.6 Å². The van der Waals surface area contributed by atoms with Crippen LogP contribution in [0.1, 0.15) is 52.8 Å². The molecule has 2 rings (SSSR count). The van der Waals surface area contributed by atoms with Crippen molar-refractivity contribution in [2.45, 2.75) is 65.5 Å². The number of piperidine rings is 1. The standard InChI is InChI=1S/C18H35N7/c1-5-16-23-22-15-24(16)13-10-20-17(19-6-2)21-14-18(3,4)25-11-8-7-9-12-25/h15H,5-14H2,1-4H3,(H2,19,20,21). The Bertz CT molecular complexity index is 529. The van der Waals surface area contributed by atoms with E-state index in [4.69, 9.17) is 4.99 Å². The Labute approximate surface area is 152 Å². The van der Waals surface area contributed by atoms with E-state index in [1.165, 1.54) is 32.4 Å².